The standard InChI is InChI=1S/C10H19IO3/c1-2-3-4-5-6-7-9(12)14-10(13)8-11/h9,12H,2-8H2,1H3. The summed E-state index contributed by atoms with van der Waals surface area (Å²) in [5, 5.41) is 9.26. The van der Waals surface area contributed by atoms with Crippen LogP contribution < -0.4 is 0 Å². The molecule has 0 bridgehead atoms. The number of carbonyl (C=O) groups excluding carboxylic acids is 1. The lowest BCUT2D eigenvalue weighted by atomic mass is 10.1. The van der Waals surface area contributed by atoms with Crippen LogP contribution in [0.2, 0.25) is 0 Å². The molecule has 14 heavy (non-hydrogen) atoms. The first kappa shape index (κ1) is 14.2. The Morgan fingerprint density at radius 2 is 2.00 bits per heavy atom. The molecule has 1 N–H and O–H groups in total. The molecule has 0 saturated heterocycles. The van der Waals surface area contributed by atoms with Crippen LogP contribution in [-0.4, -0.2) is 21.8 Å². The molecule has 0 aromatic carbocycles. The second-order valence-electron chi connectivity index (χ2n) is 3.28. The summed E-state index contributed by atoms with van der Waals surface area (Å²) >= 11 is 1.92. The predicted octanol–water partition coefficient (Wildman–Crippen LogP) is 2.64. The largest absolute Gasteiger partial charge is 0.435 e. The predicted molar refractivity (Wildman–Crippen MR) is 64.4 cm³/mol. The van der Waals surface area contributed by atoms with Gasteiger partial charge in [-0.1, -0.05) is 55.2 Å². The molecule has 3 nitrogen and oxygen atoms in total. The van der Waals surface area contributed by atoms with Crippen molar-refractivity contribution < 1.29 is 14.6 Å². The molecule has 0 aromatic rings. The average Bonchev–Trinajstić information content (AvgIpc) is 2.17. The van der Waals surface area contributed by atoms with Crippen LogP contribution >= 0.6 is 22.6 Å². The summed E-state index contributed by atoms with van der Waals surface area (Å²) in [6.07, 6.45) is 5.34. The van der Waals surface area contributed by atoms with E-state index in [2.05, 4.69) is 6.92 Å². The Hall–Kier alpha value is 0.160. The van der Waals surface area contributed by atoms with Crippen LogP contribution in [0.25, 0.3) is 0 Å². The molecule has 0 aliphatic heterocycles. The van der Waals surface area contributed by atoms with E-state index in [9.17, 15) is 9.90 Å². The average molecular weight is 314 g/mol. The summed E-state index contributed by atoms with van der Waals surface area (Å²) in [6, 6.07) is 0. The Balaban J connectivity index is 3.26. The number of esters is 1. The molecule has 1 unspecified atom stereocenters. The van der Waals surface area contributed by atoms with Gasteiger partial charge in [0.05, 0.1) is 4.43 Å². The van der Waals surface area contributed by atoms with Gasteiger partial charge in [-0.25, -0.2) is 0 Å². The van der Waals surface area contributed by atoms with Crippen molar-refractivity contribution >= 4 is 28.6 Å². The molecular weight excluding hydrogens is 295 g/mol. The highest BCUT2D eigenvalue weighted by atomic mass is 127. The Bertz CT molecular complexity index is 150. The number of hydrogen-bond acceptors (Lipinski definition) is 3. The first-order valence-corrected chi connectivity index (χ1v) is 6.66. The van der Waals surface area contributed by atoms with Gasteiger partial charge in [-0.15, -0.1) is 0 Å². The van der Waals surface area contributed by atoms with E-state index in [-0.39, 0.29) is 5.97 Å². The minimum Gasteiger partial charge on any atom is -0.435 e. The van der Waals surface area contributed by atoms with Crippen molar-refractivity contribution in [3.63, 3.8) is 0 Å². The first-order valence-electron chi connectivity index (χ1n) is 5.14. The van der Waals surface area contributed by atoms with Crippen LogP contribution in [0.3, 0.4) is 0 Å². The lowest BCUT2D eigenvalue weighted by Crippen LogP contribution is -2.18. The molecule has 0 aromatic heterocycles. The lowest BCUT2D eigenvalue weighted by molar-refractivity contribution is -0.165. The number of aliphatic hydroxyl groups is 1. The number of rotatable bonds is 8. The summed E-state index contributed by atoms with van der Waals surface area (Å²) in [6.45, 7) is 2.16. The van der Waals surface area contributed by atoms with Gasteiger partial charge >= 0.3 is 5.97 Å². The van der Waals surface area contributed by atoms with Crippen molar-refractivity contribution in [3.8, 4) is 0 Å². The third-order valence-corrected chi connectivity index (χ3v) is 2.55. The van der Waals surface area contributed by atoms with Gasteiger partial charge in [-0.3, -0.25) is 4.79 Å². The normalized spacial score (nSPS) is 12.5. The molecule has 0 heterocycles. The minimum absolute atomic E-state index is 0.296. The second-order valence-corrected chi connectivity index (χ2v) is 4.04. The molecule has 0 spiro atoms. The highest BCUT2D eigenvalue weighted by Crippen LogP contribution is 2.08. The van der Waals surface area contributed by atoms with Gasteiger partial charge in [-0.2, -0.15) is 0 Å². The second kappa shape index (κ2) is 9.71. The quantitative estimate of drug-likeness (QED) is 0.246. The van der Waals surface area contributed by atoms with Gasteiger partial charge in [0, 0.05) is 6.42 Å². The number of carbonyl (C=O) groups is 1. The summed E-state index contributed by atoms with van der Waals surface area (Å²) in [7, 11) is 0. The summed E-state index contributed by atoms with van der Waals surface area (Å²) in [4.78, 5) is 10.8. The molecule has 1 atom stereocenters. The van der Waals surface area contributed by atoms with Gasteiger partial charge in [-0.05, 0) is 6.42 Å². The zero-order chi connectivity index (χ0) is 10.8. The number of halogens is 1. The minimum atomic E-state index is -0.904. The van der Waals surface area contributed by atoms with Crippen molar-refractivity contribution in [2.75, 3.05) is 4.43 Å². The molecular formula is C10H19IO3. The van der Waals surface area contributed by atoms with E-state index in [0.29, 0.717) is 10.8 Å². The number of unbranched alkanes of at least 4 members (excludes halogenated alkanes) is 4. The molecule has 0 fully saturated rings. The zero-order valence-corrected chi connectivity index (χ0v) is 10.8. The Morgan fingerprint density at radius 1 is 1.36 bits per heavy atom. The topological polar surface area (TPSA) is 46.5 Å². The lowest BCUT2D eigenvalue weighted by Gasteiger charge is -2.10. The Kier molecular flexibility index (Phi) is 9.82. The fraction of sp³-hybridized carbons (Fsp3) is 0.900. The van der Waals surface area contributed by atoms with E-state index >= 15 is 0 Å². The van der Waals surface area contributed by atoms with Crippen LogP contribution in [0.5, 0.6) is 0 Å². The van der Waals surface area contributed by atoms with Gasteiger partial charge in [0.25, 0.3) is 0 Å². The summed E-state index contributed by atoms with van der Waals surface area (Å²) in [5.74, 6) is -0.341. The van der Waals surface area contributed by atoms with E-state index in [1.807, 2.05) is 22.6 Å². The smallest absolute Gasteiger partial charge is 0.318 e. The van der Waals surface area contributed by atoms with Crippen LogP contribution in [0.15, 0.2) is 0 Å². The fourth-order valence-electron chi connectivity index (χ4n) is 1.16. The monoisotopic (exact) mass is 314 g/mol. The zero-order valence-electron chi connectivity index (χ0n) is 8.67. The van der Waals surface area contributed by atoms with Crippen molar-refractivity contribution in [3.05, 3.63) is 0 Å². The SMILES string of the molecule is CCCCCCCC(O)OC(=O)CI. The van der Waals surface area contributed by atoms with Crippen LogP contribution in [0, 0.1) is 0 Å². The summed E-state index contributed by atoms with van der Waals surface area (Å²) in [5.41, 5.74) is 0. The van der Waals surface area contributed by atoms with E-state index in [1.54, 1.807) is 0 Å². The maximum absolute atomic E-state index is 10.8. The molecule has 0 saturated carbocycles. The fourth-order valence-corrected chi connectivity index (χ4v) is 1.34. The van der Waals surface area contributed by atoms with E-state index < -0.39 is 6.29 Å². The molecule has 0 aliphatic carbocycles. The third kappa shape index (κ3) is 8.74. The van der Waals surface area contributed by atoms with Crippen LogP contribution in [0.1, 0.15) is 45.4 Å². The van der Waals surface area contributed by atoms with Gasteiger partial charge in [0.15, 0.2) is 0 Å². The van der Waals surface area contributed by atoms with Crippen LogP contribution in [0.4, 0.5) is 0 Å². The van der Waals surface area contributed by atoms with E-state index in [1.165, 1.54) is 19.3 Å². The third-order valence-electron chi connectivity index (χ3n) is 1.93. The molecule has 0 aliphatic rings. The van der Waals surface area contributed by atoms with Crippen LogP contribution in [-0.2, 0) is 9.53 Å². The van der Waals surface area contributed by atoms with Gasteiger partial charge in [0.2, 0.25) is 6.29 Å². The first-order chi connectivity index (χ1) is 6.70. The molecule has 4 heteroatoms. The molecule has 0 radical (unpaired) electrons. The Morgan fingerprint density at radius 3 is 2.57 bits per heavy atom. The number of hydrogen-bond donors (Lipinski definition) is 1. The van der Waals surface area contributed by atoms with Gasteiger partial charge in [0.1, 0.15) is 0 Å². The van der Waals surface area contributed by atoms with Crippen molar-refractivity contribution in [2.45, 2.75) is 51.7 Å². The molecule has 0 amide bonds. The maximum atomic E-state index is 10.8. The highest BCUT2D eigenvalue weighted by molar-refractivity contribution is 14.1. The van der Waals surface area contributed by atoms with Crippen molar-refractivity contribution in [1.82, 2.24) is 0 Å². The van der Waals surface area contributed by atoms with Crippen molar-refractivity contribution in [1.29, 1.82) is 0 Å². The molecule has 84 valence electrons. The van der Waals surface area contributed by atoms with Gasteiger partial charge < -0.3 is 9.84 Å². The van der Waals surface area contributed by atoms with Crippen molar-refractivity contribution in [2.24, 2.45) is 0 Å². The highest BCUT2D eigenvalue weighted by Gasteiger charge is 2.08. The number of ether oxygens (including phenoxy) is 1. The number of aliphatic hydroxyl groups excluding tert-OH is 1. The number of alkyl halides is 1. The van der Waals surface area contributed by atoms with E-state index in [4.69, 9.17) is 4.74 Å². The summed E-state index contributed by atoms with van der Waals surface area (Å²) < 4.78 is 5.01. The van der Waals surface area contributed by atoms with E-state index in [0.717, 1.165) is 12.8 Å². The molecule has 0 rings (SSSR count). The maximum Gasteiger partial charge on any atom is 0.318 e. The Labute approximate surface area is 99.4 Å².